The topological polar surface area (TPSA) is 45.2 Å². The number of hydrogen-bond donors (Lipinski definition) is 1. The van der Waals surface area contributed by atoms with Crippen LogP contribution in [-0.2, 0) is 0 Å². The molecule has 1 amide bonds. The average molecular weight is 277 g/mol. The summed E-state index contributed by atoms with van der Waals surface area (Å²) in [7, 11) is 0. The number of hydrogen-bond acceptors (Lipinski definition) is 3. The van der Waals surface area contributed by atoms with Gasteiger partial charge in [0.05, 0.1) is 0 Å². The van der Waals surface area contributed by atoms with Gasteiger partial charge in [-0.25, -0.2) is 4.98 Å². The molecule has 0 spiro atoms. The van der Waals surface area contributed by atoms with E-state index in [0.717, 1.165) is 31.7 Å². The fraction of sp³-hybridized carbons (Fsp3) is 0.625. The first kappa shape index (κ1) is 16.5. The lowest BCUT2D eigenvalue weighted by Gasteiger charge is -2.22. The molecule has 0 saturated carbocycles. The molecular weight excluding hydrogens is 250 g/mol. The summed E-state index contributed by atoms with van der Waals surface area (Å²) in [6.07, 6.45) is 3.87. The van der Waals surface area contributed by atoms with Gasteiger partial charge in [-0.3, -0.25) is 4.79 Å². The molecule has 0 unspecified atom stereocenters. The average Bonchev–Trinajstić information content (AvgIpc) is 2.44. The van der Waals surface area contributed by atoms with Crippen LogP contribution in [0.25, 0.3) is 0 Å². The number of carbonyl (C=O) groups is 1. The van der Waals surface area contributed by atoms with Crippen molar-refractivity contribution in [1.29, 1.82) is 0 Å². The van der Waals surface area contributed by atoms with E-state index >= 15 is 0 Å². The first-order valence-electron chi connectivity index (χ1n) is 7.57. The molecule has 0 aliphatic carbocycles. The Morgan fingerprint density at radius 1 is 1.30 bits per heavy atom. The van der Waals surface area contributed by atoms with Crippen molar-refractivity contribution in [3.05, 3.63) is 23.9 Å². The second-order valence-corrected chi connectivity index (χ2v) is 5.49. The molecule has 1 rings (SSSR count). The second kappa shape index (κ2) is 8.56. The summed E-state index contributed by atoms with van der Waals surface area (Å²) >= 11 is 0. The van der Waals surface area contributed by atoms with Crippen molar-refractivity contribution in [3.63, 3.8) is 0 Å². The minimum absolute atomic E-state index is 0.0182. The molecule has 1 aromatic rings. The number of nitrogens with one attached hydrogen (secondary N) is 1. The summed E-state index contributed by atoms with van der Waals surface area (Å²) in [6, 6.07) is 3.66. The van der Waals surface area contributed by atoms with E-state index in [1.807, 2.05) is 6.07 Å². The van der Waals surface area contributed by atoms with E-state index in [-0.39, 0.29) is 5.91 Å². The van der Waals surface area contributed by atoms with Gasteiger partial charge in [0.15, 0.2) is 0 Å². The summed E-state index contributed by atoms with van der Waals surface area (Å²) in [5.74, 6) is 1.33. The van der Waals surface area contributed by atoms with Gasteiger partial charge in [-0.1, -0.05) is 27.7 Å². The Morgan fingerprint density at radius 3 is 2.50 bits per heavy atom. The molecule has 0 fully saturated rings. The number of nitrogens with zero attached hydrogens (tertiary/aromatic N) is 2. The number of rotatable bonds is 8. The lowest BCUT2D eigenvalue weighted by molar-refractivity contribution is 0.0949. The molecule has 1 heterocycles. The van der Waals surface area contributed by atoms with Crippen molar-refractivity contribution in [1.82, 2.24) is 10.3 Å². The van der Waals surface area contributed by atoms with Crippen LogP contribution in [0.3, 0.4) is 0 Å². The molecule has 4 heteroatoms. The molecule has 20 heavy (non-hydrogen) atoms. The summed E-state index contributed by atoms with van der Waals surface area (Å²) in [6.45, 7) is 11.1. The Balaban J connectivity index is 2.80. The Labute approximate surface area is 122 Å². The standard InChI is InChI=1S/C16H27N3O/c1-5-9-19(10-6-2)15-11-14(7-8-17-15)16(20)18-12-13(3)4/h7-8,11,13H,5-6,9-10,12H2,1-4H3,(H,18,20). The fourth-order valence-corrected chi connectivity index (χ4v) is 2.01. The lowest BCUT2D eigenvalue weighted by atomic mass is 10.2. The predicted molar refractivity (Wildman–Crippen MR) is 84.2 cm³/mol. The summed E-state index contributed by atoms with van der Waals surface area (Å²) < 4.78 is 0. The molecule has 0 aliphatic heterocycles. The van der Waals surface area contributed by atoms with Crippen molar-refractivity contribution in [3.8, 4) is 0 Å². The minimum atomic E-state index is -0.0182. The van der Waals surface area contributed by atoms with Crippen molar-refractivity contribution >= 4 is 11.7 Å². The maximum Gasteiger partial charge on any atom is 0.251 e. The Kier molecular flexibility index (Phi) is 7.05. The highest BCUT2D eigenvalue weighted by Gasteiger charge is 2.11. The number of amides is 1. The normalized spacial score (nSPS) is 10.7. The van der Waals surface area contributed by atoms with Gasteiger partial charge in [0, 0.05) is 31.4 Å². The van der Waals surface area contributed by atoms with Gasteiger partial charge in [0.25, 0.3) is 5.91 Å². The molecule has 0 atom stereocenters. The van der Waals surface area contributed by atoms with Crippen LogP contribution in [0.4, 0.5) is 5.82 Å². The lowest BCUT2D eigenvalue weighted by Crippen LogP contribution is -2.29. The van der Waals surface area contributed by atoms with Crippen LogP contribution in [0.1, 0.15) is 50.9 Å². The van der Waals surface area contributed by atoms with Crippen molar-refractivity contribution < 1.29 is 4.79 Å². The number of anilines is 1. The molecule has 1 N–H and O–H groups in total. The zero-order valence-electron chi connectivity index (χ0n) is 13.1. The second-order valence-electron chi connectivity index (χ2n) is 5.49. The van der Waals surface area contributed by atoms with E-state index in [1.165, 1.54) is 0 Å². The first-order chi connectivity index (χ1) is 9.58. The van der Waals surface area contributed by atoms with E-state index in [9.17, 15) is 4.79 Å². The molecule has 1 aromatic heterocycles. The summed E-state index contributed by atoms with van der Waals surface area (Å²) in [5, 5.41) is 2.94. The number of carbonyl (C=O) groups excluding carboxylic acids is 1. The highest BCUT2D eigenvalue weighted by molar-refractivity contribution is 5.94. The van der Waals surface area contributed by atoms with Gasteiger partial charge in [-0.05, 0) is 30.9 Å². The van der Waals surface area contributed by atoms with Crippen LogP contribution in [0.2, 0.25) is 0 Å². The quantitative estimate of drug-likeness (QED) is 0.794. The largest absolute Gasteiger partial charge is 0.357 e. The van der Waals surface area contributed by atoms with E-state index in [0.29, 0.717) is 18.0 Å². The number of pyridine rings is 1. The summed E-state index contributed by atoms with van der Waals surface area (Å²) in [4.78, 5) is 18.7. The maximum atomic E-state index is 12.1. The van der Waals surface area contributed by atoms with Gasteiger partial charge in [-0.2, -0.15) is 0 Å². The number of aromatic nitrogens is 1. The van der Waals surface area contributed by atoms with Crippen LogP contribution in [0.15, 0.2) is 18.3 Å². The molecule has 4 nitrogen and oxygen atoms in total. The third-order valence-electron chi connectivity index (χ3n) is 2.99. The van der Waals surface area contributed by atoms with Crippen molar-refractivity contribution in [2.45, 2.75) is 40.5 Å². The van der Waals surface area contributed by atoms with Gasteiger partial charge in [0.1, 0.15) is 5.82 Å². The van der Waals surface area contributed by atoms with Gasteiger partial charge in [0.2, 0.25) is 0 Å². The predicted octanol–water partition coefficient (Wildman–Crippen LogP) is 3.09. The SMILES string of the molecule is CCCN(CCC)c1cc(C(=O)NCC(C)C)ccn1. The molecule has 0 bridgehead atoms. The summed E-state index contributed by atoms with van der Waals surface area (Å²) in [5.41, 5.74) is 0.688. The van der Waals surface area contributed by atoms with E-state index in [1.54, 1.807) is 12.3 Å². The molecular formula is C16H27N3O. The van der Waals surface area contributed by atoms with Crippen LogP contribution in [0.5, 0.6) is 0 Å². The molecule has 112 valence electrons. The van der Waals surface area contributed by atoms with E-state index in [4.69, 9.17) is 0 Å². The van der Waals surface area contributed by atoms with E-state index < -0.39 is 0 Å². The third kappa shape index (κ3) is 5.19. The van der Waals surface area contributed by atoms with Crippen molar-refractivity contribution in [2.24, 2.45) is 5.92 Å². The van der Waals surface area contributed by atoms with Gasteiger partial charge in [-0.15, -0.1) is 0 Å². The van der Waals surface area contributed by atoms with Crippen LogP contribution < -0.4 is 10.2 Å². The van der Waals surface area contributed by atoms with E-state index in [2.05, 4.69) is 42.9 Å². The minimum Gasteiger partial charge on any atom is -0.357 e. The zero-order valence-corrected chi connectivity index (χ0v) is 13.1. The van der Waals surface area contributed by atoms with Crippen LogP contribution in [-0.4, -0.2) is 30.5 Å². The van der Waals surface area contributed by atoms with Gasteiger partial charge >= 0.3 is 0 Å². The molecule has 0 radical (unpaired) electrons. The monoisotopic (exact) mass is 277 g/mol. The van der Waals surface area contributed by atoms with Crippen LogP contribution in [0, 0.1) is 5.92 Å². The zero-order chi connectivity index (χ0) is 15.0. The fourth-order valence-electron chi connectivity index (χ4n) is 2.01. The van der Waals surface area contributed by atoms with Crippen molar-refractivity contribution in [2.75, 3.05) is 24.5 Å². The molecule has 0 aliphatic rings. The Morgan fingerprint density at radius 2 is 1.95 bits per heavy atom. The Hall–Kier alpha value is -1.58. The molecule has 0 aromatic carbocycles. The van der Waals surface area contributed by atoms with Crippen LogP contribution >= 0.6 is 0 Å². The third-order valence-corrected chi connectivity index (χ3v) is 2.99. The smallest absolute Gasteiger partial charge is 0.251 e. The van der Waals surface area contributed by atoms with Gasteiger partial charge < -0.3 is 10.2 Å². The maximum absolute atomic E-state index is 12.1. The molecule has 0 saturated heterocycles. The highest BCUT2D eigenvalue weighted by Crippen LogP contribution is 2.14. The Bertz CT molecular complexity index is 412. The highest BCUT2D eigenvalue weighted by atomic mass is 16.1. The first-order valence-corrected chi connectivity index (χ1v) is 7.57.